The van der Waals surface area contributed by atoms with Crippen LogP contribution in [0, 0.1) is 0 Å². The van der Waals surface area contributed by atoms with E-state index in [9.17, 15) is 23.4 Å². The lowest BCUT2D eigenvalue weighted by Crippen LogP contribution is -2.40. The first-order chi connectivity index (χ1) is 12.3. The average Bonchev–Trinajstić information content (AvgIpc) is 2.53. The summed E-state index contributed by atoms with van der Waals surface area (Å²) < 4.78 is 37.4. The molecule has 0 amide bonds. The molecule has 0 fully saturated rings. The van der Waals surface area contributed by atoms with Crippen LogP contribution in [-0.4, -0.2) is 30.0 Å². The first-order valence-electron chi connectivity index (χ1n) is 8.47. The van der Waals surface area contributed by atoms with Gasteiger partial charge in [-0.3, -0.25) is 0 Å². The second-order valence-corrected chi connectivity index (χ2v) is 7.22. The second kappa shape index (κ2) is 7.53. The van der Waals surface area contributed by atoms with Gasteiger partial charge in [-0.25, -0.2) is 0 Å². The van der Waals surface area contributed by atoms with E-state index in [1.54, 1.807) is 25.1 Å². The molecule has 142 valence electrons. The van der Waals surface area contributed by atoms with Crippen LogP contribution in [-0.2, 0) is 12.8 Å². The van der Waals surface area contributed by atoms with Crippen molar-refractivity contribution >= 4 is 13.9 Å². The van der Waals surface area contributed by atoms with E-state index in [2.05, 4.69) is 6.58 Å². The minimum atomic E-state index is -4.23. The number of alkyl halides is 3. The zero-order chi connectivity index (χ0) is 20.5. The molecule has 1 atom stereocenters. The lowest BCUT2D eigenvalue weighted by Gasteiger charge is -2.36. The van der Waals surface area contributed by atoms with Crippen molar-refractivity contribution < 1.29 is 23.4 Å². The third-order valence-corrected chi connectivity index (χ3v) is 4.70. The highest BCUT2D eigenvalue weighted by Gasteiger charge is 2.37. The van der Waals surface area contributed by atoms with Gasteiger partial charge in [0.1, 0.15) is 0 Å². The molecule has 0 saturated heterocycles. The number of hydrogen-bond donors (Lipinski definition) is 2. The third-order valence-electron chi connectivity index (χ3n) is 4.70. The van der Waals surface area contributed by atoms with Gasteiger partial charge >= 0.3 is 6.18 Å². The molecule has 0 aromatic heterocycles. The molecule has 2 aromatic carbocycles. The number of halogens is 3. The molecule has 0 saturated carbocycles. The normalized spacial score (nSPS) is 14.6. The van der Waals surface area contributed by atoms with Gasteiger partial charge < -0.3 is 10.2 Å². The standard InChI is InChI=1S/C21H22BF3O2/c1-4-15-11-17(9-10-18(15)13-19(2,22)20(3,26)27)16-7-5-14(6-8-16)12-21(23,24)25/h4-11,26-27H,1,12-13H2,2-3H3. The predicted octanol–water partition coefficient (Wildman–Crippen LogP) is 4.69. The van der Waals surface area contributed by atoms with Crippen molar-refractivity contribution in [2.75, 3.05) is 0 Å². The van der Waals surface area contributed by atoms with Gasteiger partial charge in [0.15, 0.2) is 5.79 Å². The summed E-state index contributed by atoms with van der Waals surface area (Å²) in [6.45, 7) is 6.56. The minimum absolute atomic E-state index is 0.205. The SMILES string of the molecule is [B]C(C)(Cc1ccc(-c2ccc(CC(F)(F)F)cc2)cc1C=C)C(C)(O)O. The van der Waals surface area contributed by atoms with E-state index in [0.717, 1.165) is 22.3 Å². The fourth-order valence-electron chi connectivity index (χ4n) is 2.74. The highest BCUT2D eigenvalue weighted by molar-refractivity contribution is 6.15. The molecule has 2 nitrogen and oxygen atoms in total. The highest BCUT2D eigenvalue weighted by atomic mass is 19.4. The van der Waals surface area contributed by atoms with E-state index in [-0.39, 0.29) is 12.0 Å². The van der Waals surface area contributed by atoms with Gasteiger partial charge in [0.2, 0.25) is 0 Å². The fourth-order valence-corrected chi connectivity index (χ4v) is 2.74. The molecule has 0 heterocycles. The molecule has 2 rings (SSSR count). The van der Waals surface area contributed by atoms with Crippen LogP contribution >= 0.6 is 0 Å². The molecule has 1 unspecified atom stereocenters. The Kier molecular flexibility index (Phi) is 5.92. The Hall–Kier alpha value is -2.05. The Bertz CT molecular complexity index is 804. The number of aliphatic hydroxyl groups is 2. The maximum absolute atomic E-state index is 12.5. The highest BCUT2D eigenvalue weighted by Crippen LogP contribution is 2.38. The van der Waals surface area contributed by atoms with Crippen LogP contribution in [0.3, 0.4) is 0 Å². The summed E-state index contributed by atoms with van der Waals surface area (Å²) in [4.78, 5) is 0. The Morgan fingerprint density at radius 2 is 1.52 bits per heavy atom. The average molecular weight is 374 g/mol. The summed E-state index contributed by atoms with van der Waals surface area (Å²) in [6.07, 6.45) is -3.34. The van der Waals surface area contributed by atoms with Crippen molar-refractivity contribution in [3.8, 4) is 11.1 Å². The summed E-state index contributed by atoms with van der Waals surface area (Å²) in [5, 5.41) is 18.4. The van der Waals surface area contributed by atoms with Crippen molar-refractivity contribution in [1.82, 2.24) is 0 Å². The van der Waals surface area contributed by atoms with Crippen molar-refractivity contribution in [1.29, 1.82) is 0 Å². The maximum atomic E-state index is 12.5. The first-order valence-corrected chi connectivity index (χ1v) is 8.47. The van der Waals surface area contributed by atoms with Gasteiger partial charge in [0.25, 0.3) is 0 Å². The second-order valence-electron chi connectivity index (χ2n) is 7.22. The van der Waals surface area contributed by atoms with E-state index >= 15 is 0 Å². The molecule has 6 heteroatoms. The summed E-state index contributed by atoms with van der Waals surface area (Å²) in [5.74, 6) is -2.06. The lowest BCUT2D eigenvalue weighted by molar-refractivity contribution is -0.172. The van der Waals surface area contributed by atoms with Crippen LogP contribution in [0.5, 0.6) is 0 Å². The minimum Gasteiger partial charge on any atom is -0.366 e. The number of benzene rings is 2. The first kappa shape index (κ1) is 21.3. The van der Waals surface area contributed by atoms with Gasteiger partial charge in [0.05, 0.1) is 14.3 Å². The fraction of sp³-hybridized carbons (Fsp3) is 0.333. The lowest BCUT2D eigenvalue weighted by atomic mass is 9.61. The Morgan fingerprint density at radius 1 is 0.963 bits per heavy atom. The smallest absolute Gasteiger partial charge is 0.366 e. The van der Waals surface area contributed by atoms with Crippen LogP contribution in [0.25, 0.3) is 17.2 Å². The van der Waals surface area contributed by atoms with Crippen LogP contribution < -0.4 is 0 Å². The van der Waals surface area contributed by atoms with Crippen molar-refractivity contribution in [3.63, 3.8) is 0 Å². The van der Waals surface area contributed by atoms with Gasteiger partial charge in [-0.05, 0) is 52.5 Å². The van der Waals surface area contributed by atoms with Crippen LogP contribution in [0.15, 0.2) is 49.0 Å². The largest absolute Gasteiger partial charge is 0.393 e. The molecule has 2 N–H and O–H groups in total. The maximum Gasteiger partial charge on any atom is 0.393 e. The van der Waals surface area contributed by atoms with Gasteiger partial charge in [-0.2, -0.15) is 13.2 Å². The molecule has 0 aliphatic heterocycles. The molecule has 2 radical (unpaired) electrons. The molecule has 0 aliphatic rings. The molecule has 0 bridgehead atoms. The van der Waals surface area contributed by atoms with Crippen LogP contribution in [0.1, 0.15) is 30.5 Å². The van der Waals surface area contributed by atoms with Crippen molar-refractivity contribution in [3.05, 3.63) is 65.7 Å². The topological polar surface area (TPSA) is 40.5 Å². The third kappa shape index (κ3) is 5.47. The Balaban J connectivity index is 2.29. The molecular weight excluding hydrogens is 352 g/mol. The van der Waals surface area contributed by atoms with Crippen LogP contribution in [0.2, 0.25) is 5.31 Å². The zero-order valence-corrected chi connectivity index (χ0v) is 15.3. The summed E-state index contributed by atoms with van der Waals surface area (Å²) in [5.41, 5.74) is 3.37. The van der Waals surface area contributed by atoms with Crippen molar-refractivity contribution in [2.45, 2.75) is 44.0 Å². The summed E-state index contributed by atoms with van der Waals surface area (Å²) >= 11 is 0. The Morgan fingerprint density at radius 3 is 2.00 bits per heavy atom. The van der Waals surface area contributed by atoms with E-state index in [0.29, 0.717) is 0 Å². The van der Waals surface area contributed by atoms with Gasteiger partial charge in [-0.1, -0.05) is 56.0 Å². The quantitative estimate of drug-likeness (QED) is 0.569. The molecule has 0 spiro atoms. The zero-order valence-electron chi connectivity index (χ0n) is 15.3. The van der Waals surface area contributed by atoms with Gasteiger partial charge in [-0.15, -0.1) is 0 Å². The summed E-state index contributed by atoms with van der Waals surface area (Å²) in [6, 6.07) is 11.7. The van der Waals surface area contributed by atoms with Crippen LogP contribution in [0.4, 0.5) is 13.2 Å². The Labute approximate surface area is 158 Å². The summed E-state index contributed by atoms with van der Waals surface area (Å²) in [7, 11) is 6.04. The van der Waals surface area contributed by atoms with E-state index in [1.807, 2.05) is 18.2 Å². The molecule has 2 aromatic rings. The monoisotopic (exact) mass is 374 g/mol. The molecular formula is C21H22BF3O2. The van der Waals surface area contributed by atoms with E-state index in [1.165, 1.54) is 19.1 Å². The van der Waals surface area contributed by atoms with Crippen molar-refractivity contribution in [2.24, 2.45) is 0 Å². The van der Waals surface area contributed by atoms with Gasteiger partial charge in [0, 0.05) is 0 Å². The van der Waals surface area contributed by atoms with E-state index in [4.69, 9.17) is 7.85 Å². The molecule has 27 heavy (non-hydrogen) atoms. The molecule has 0 aliphatic carbocycles. The number of rotatable bonds is 6. The van der Waals surface area contributed by atoms with E-state index < -0.39 is 23.7 Å². The predicted molar refractivity (Wildman–Crippen MR) is 102 cm³/mol. The number of hydrogen-bond acceptors (Lipinski definition) is 2.